The Bertz CT molecular complexity index is 1120. The van der Waals surface area contributed by atoms with Crippen molar-refractivity contribution in [2.24, 2.45) is 7.05 Å². The number of hydrogen-bond acceptors (Lipinski definition) is 2. The first-order valence-corrected chi connectivity index (χ1v) is 8.07. The molecule has 0 spiro atoms. The van der Waals surface area contributed by atoms with Crippen molar-refractivity contribution in [1.82, 2.24) is 4.57 Å². The minimum atomic E-state index is 0.174. The van der Waals surface area contributed by atoms with Crippen LogP contribution in [0.25, 0.3) is 33.3 Å². The molecule has 0 saturated carbocycles. The van der Waals surface area contributed by atoms with Gasteiger partial charge in [-0.05, 0) is 29.8 Å². The number of rotatable bonds is 2. The predicted molar refractivity (Wildman–Crippen MR) is 100 cm³/mol. The zero-order valence-electron chi connectivity index (χ0n) is 13.8. The van der Waals surface area contributed by atoms with Crippen molar-refractivity contribution in [2.75, 3.05) is 0 Å². The predicted octanol–water partition coefficient (Wildman–Crippen LogP) is 5.09. The summed E-state index contributed by atoms with van der Waals surface area (Å²) < 4.78 is 2.14. The third kappa shape index (κ3) is 2.36. The molecule has 0 atom stereocenters. The monoisotopic (exact) mass is 324 g/mol. The Morgan fingerprint density at radius 1 is 0.920 bits per heavy atom. The van der Waals surface area contributed by atoms with Gasteiger partial charge in [0, 0.05) is 29.1 Å². The lowest BCUT2D eigenvalue weighted by Crippen LogP contribution is -1.92. The molecule has 3 aromatic carbocycles. The molecule has 4 rings (SSSR count). The molecule has 1 N–H and O–H groups in total. The van der Waals surface area contributed by atoms with Crippen molar-refractivity contribution < 1.29 is 5.11 Å². The number of nitriles is 1. The van der Waals surface area contributed by atoms with Gasteiger partial charge in [-0.3, -0.25) is 0 Å². The van der Waals surface area contributed by atoms with E-state index in [2.05, 4.69) is 34.9 Å². The fourth-order valence-electron chi connectivity index (χ4n) is 3.41. The van der Waals surface area contributed by atoms with E-state index in [-0.39, 0.29) is 5.75 Å². The van der Waals surface area contributed by atoms with Crippen LogP contribution in [0, 0.1) is 11.3 Å². The molecule has 3 heteroatoms. The van der Waals surface area contributed by atoms with Gasteiger partial charge in [0.25, 0.3) is 0 Å². The van der Waals surface area contributed by atoms with Gasteiger partial charge in [-0.15, -0.1) is 0 Å². The summed E-state index contributed by atoms with van der Waals surface area (Å²) in [5.74, 6) is 0.174. The number of phenols is 1. The summed E-state index contributed by atoms with van der Waals surface area (Å²) in [4.78, 5) is 0. The van der Waals surface area contributed by atoms with Crippen molar-refractivity contribution in [3.8, 4) is 34.2 Å². The average Bonchev–Trinajstić information content (AvgIpc) is 2.96. The van der Waals surface area contributed by atoms with Gasteiger partial charge in [0.15, 0.2) is 0 Å². The van der Waals surface area contributed by atoms with E-state index >= 15 is 0 Å². The maximum atomic E-state index is 10.5. The topological polar surface area (TPSA) is 49.0 Å². The lowest BCUT2D eigenvalue weighted by Gasteiger charge is -2.10. The molecule has 0 saturated heterocycles. The van der Waals surface area contributed by atoms with E-state index in [0.29, 0.717) is 11.1 Å². The molecule has 25 heavy (non-hydrogen) atoms. The Morgan fingerprint density at radius 2 is 1.64 bits per heavy atom. The van der Waals surface area contributed by atoms with Crippen LogP contribution < -0.4 is 0 Å². The van der Waals surface area contributed by atoms with Crippen LogP contribution in [0.5, 0.6) is 5.75 Å². The second kappa shape index (κ2) is 5.85. The van der Waals surface area contributed by atoms with E-state index in [4.69, 9.17) is 0 Å². The van der Waals surface area contributed by atoms with Crippen LogP contribution in [0.2, 0.25) is 0 Å². The zero-order valence-corrected chi connectivity index (χ0v) is 13.8. The van der Waals surface area contributed by atoms with Gasteiger partial charge >= 0.3 is 0 Å². The zero-order chi connectivity index (χ0) is 17.4. The summed E-state index contributed by atoms with van der Waals surface area (Å²) in [6.45, 7) is 0. The van der Waals surface area contributed by atoms with E-state index < -0.39 is 0 Å². The molecule has 0 unspecified atom stereocenters. The van der Waals surface area contributed by atoms with Crippen molar-refractivity contribution in [3.05, 3.63) is 78.4 Å². The van der Waals surface area contributed by atoms with Gasteiger partial charge in [-0.2, -0.15) is 5.26 Å². The molecule has 1 heterocycles. The van der Waals surface area contributed by atoms with Crippen LogP contribution in [0.15, 0.2) is 72.8 Å². The first kappa shape index (κ1) is 15.0. The van der Waals surface area contributed by atoms with Crippen molar-refractivity contribution >= 4 is 10.9 Å². The lowest BCUT2D eigenvalue weighted by atomic mass is 9.96. The standard InChI is InChI=1S/C22H16N2O/c1-24-19-10-6-5-9-17(19)21(22(24)16-7-3-2-4-8-16)18-13-15(14-23)11-12-20(18)25/h2-13,25H,1H3. The van der Waals surface area contributed by atoms with Gasteiger partial charge in [-0.25, -0.2) is 0 Å². The Hall–Kier alpha value is -3.51. The first-order valence-electron chi connectivity index (χ1n) is 8.07. The molecule has 0 amide bonds. The SMILES string of the molecule is Cn1c(-c2ccccc2)c(-c2cc(C#N)ccc2O)c2ccccc21. The number of aryl methyl sites for hydroxylation is 1. The van der Waals surface area contributed by atoms with Crippen molar-refractivity contribution in [2.45, 2.75) is 0 Å². The fraction of sp³-hybridized carbons (Fsp3) is 0.0455. The van der Waals surface area contributed by atoms with Crippen molar-refractivity contribution in [1.29, 1.82) is 5.26 Å². The Balaban J connectivity index is 2.16. The number of aromatic nitrogens is 1. The second-order valence-electron chi connectivity index (χ2n) is 6.01. The van der Waals surface area contributed by atoms with Gasteiger partial charge in [0.05, 0.1) is 17.3 Å². The van der Waals surface area contributed by atoms with Crippen LogP contribution >= 0.6 is 0 Å². The molecule has 1 aromatic heterocycles. The van der Waals surface area contributed by atoms with Crippen LogP contribution in [0.4, 0.5) is 0 Å². The number of aromatic hydroxyl groups is 1. The summed E-state index contributed by atoms with van der Waals surface area (Å²) in [6, 6.07) is 25.4. The highest BCUT2D eigenvalue weighted by atomic mass is 16.3. The average molecular weight is 324 g/mol. The van der Waals surface area contributed by atoms with E-state index in [9.17, 15) is 10.4 Å². The third-order valence-corrected chi connectivity index (χ3v) is 4.55. The molecule has 3 nitrogen and oxygen atoms in total. The Labute approximate surface area is 146 Å². The van der Waals surface area contributed by atoms with Gasteiger partial charge in [-0.1, -0.05) is 48.5 Å². The molecule has 4 aromatic rings. The summed E-state index contributed by atoms with van der Waals surface area (Å²) in [6.07, 6.45) is 0. The van der Waals surface area contributed by atoms with E-state index in [1.807, 2.05) is 37.4 Å². The summed E-state index contributed by atoms with van der Waals surface area (Å²) >= 11 is 0. The van der Waals surface area contributed by atoms with Crippen LogP contribution in [-0.2, 0) is 7.05 Å². The molecular weight excluding hydrogens is 308 g/mol. The fourth-order valence-corrected chi connectivity index (χ4v) is 3.41. The largest absolute Gasteiger partial charge is 0.507 e. The number of phenolic OH excluding ortho intramolecular Hbond substituents is 1. The molecule has 120 valence electrons. The quantitative estimate of drug-likeness (QED) is 0.558. The van der Waals surface area contributed by atoms with E-state index in [1.54, 1.807) is 18.2 Å². The van der Waals surface area contributed by atoms with Crippen molar-refractivity contribution in [3.63, 3.8) is 0 Å². The highest BCUT2D eigenvalue weighted by Crippen LogP contribution is 2.43. The molecule has 0 radical (unpaired) electrons. The molecule has 0 aliphatic carbocycles. The molecule has 0 aliphatic rings. The third-order valence-electron chi connectivity index (χ3n) is 4.55. The maximum Gasteiger partial charge on any atom is 0.123 e. The summed E-state index contributed by atoms with van der Waals surface area (Å²) in [5.41, 5.74) is 5.32. The smallest absolute Gasteiger partial charge is 0.123 e. The molecule has 0 bridgehead atoms. The van der Waals surface area contributed by atoms with Crippen LogP contribution in [-0.4, -0.2) is 9.67 Å². The highest BCUT2D eigenvalue weighted by Gasteiger charge is 2.20. The van der Waals surface area contributed by atoms with Crippen LogP contribution in [0.1, 0.15) is 5.56 Å². The van der Waals surface area contributed by atoms with Crippen LogP contribution in [0.3, 0.4) is 0 Å². The van der Waals surface area contributed by atoms with E-state index in [1.165, 1.54) is 0 Å². The highest BCUT2D eigenvalue weighted by molar-refractivity contribution is 6.05. The number of nitrogens with zero attached hydrogens (tertiary/aromatic N) is 2. The Kier molecular flexibility index (Phi) is 3.52. The molecular formula is C22H16N2O. The Morgan fingerprint density at radius 3 is 2.40 bits per heavy atom. The van der Waals surface area contributed by atoms with Gasteiger partial charge in [0.2, 0.25) is 0 Å². The molecule has 0 fully saturated rings. The second-order valence-corrected chi connectivity index (χ2v) is 6.01. The normalized spacial score (nSPS) is 10.7. The maximum absolute atomic E-state index is 10.5. The summed E-state index contributed by atoms with van der Waals surface area (Å²) in [7, 11) is 2.03. The summed E-state index contributed by atoms with van der Waals surface area (Å²) in [5, 5.41) is 20.8. The number of benzene rings is 3. The number of hydrogen-bond donors (Lipinski definition) is 1. The number of fused-ring (bicyclic) bond motifs is 1. The minimum absolute atomic E-state index is 0.174. The van der Waals surface area contributed by atoms with Gasteiger partial charge in [0.1, 0.15) is 5.75 Å². The molecule has 0 aliphatic heterocycles. The number of para-hydroxylation sites is 1. The van der Waals surface area contributed by atoms with E-state index in [0.717, 1.165) is 27.7 Å². The lowest BCUT2D eigenvalue weighted by molar-refractivity contribution is 0.477. The first-order chi connectivity index (χ1) is 12.2. The van der Waals surface area contributed by atoms with Gasteiger partial charge < -0.3 is 9.67 Å². The minimum Gasteiger partial charge on any atom is -0.507 e.